The summed E-state index contributed by atoms with van der Waals surface area (Å²) in [7, 11) is 0. The molecule has 2 unspecified atom stereocenters. The lowest BCUT2D eigenvalue weighted by Crippen LogP contribution is -2.57. The highest BCUT2D eigenvalue weighted by atomic mass is 79.9. The first-order valence-electron chi connectivity index (χ1n) is 3.51. The van der Waals surface area contributed by atoms with Gasteiger partial charge in [0, 0.05) is 5.33 Å². The molecule has 0 aromatic heterocycles. The van der Waals surface area contributed by atoms with Crippen LogP contribution < -0.4 is 0 Å². The van der Waals surface area contributed by atoms with Crippen molar-refractivity contribution in [2.24, 2.45) is 0 Å². The van der Waals surface area contributed by atoms with Crippen molar-refractivity contribution < 1.29 is 25.2 Å². The molecule has 72 valence electrons. The van der Waals surface area contributed by atoms with Crippen LogP contribution in [-0.2, 0) is 4.74 Å². The molecule has 0 bridgehead atoms. The molecule has 5 nitrogen and oxygen atoms in total. The number of halogens is 1. The van der Waals surface area contributed by atoms with Gasteiger partial charge in [-0.2, -0.15) is 0 Å². The van der Waals surface area contributed by atoms with E-state index in [1.54, 1.807) is 0 Å². The van der Waals surface area contributed by atoms with Crippen molar-refractivity contribution in [3.8, 4) is 0 Å². The smallest absolute Gasteiger partial charge is 0.183 e. The van der Waals surface area contributed by atoms with Crippen LogP contribution in [0.4, 0.5) is 0 Å². The quantitative estimate of drug-likeness (QED) is 0.407. The lowest BCUT2D eigenvalue weighted by molar-refractivity contribution is -0.276. The normalized spacial score (nSPS) is 49.2. The third-order valence-corrected chi connectivity index (χ3v) is 2.48. The minimum atomic E-state index is -1.45. The molecule has 1 heterocycles. The van der Waals surface area contributed by atoms with E-state index in [9.17, 15) is 5.11 Å². The van der Waals surface area contributed by atoms with Gasteiger partial charge in [0.25, 0.3) is 0 Å². The molecule has 0 aromatic carbocycles. The zero-order valence-electron chi connectivity index (χ0n) is 6.17. The van der Waals surface area contributed by atoms with Crippen LogP contribution in [0.3, 0.4) is 0 Å². The topological polar surface area (TPSA) is 90.2 Å². The van der Waals surface area contributed by atoms with E-state index in [4.69, 9.17) is 20.1 Å². The van der Waals surface area contributed by atoms with E-state index >= 15 is 0 Å². The first-order valence-corrected chi connectivity index (χ1v) is 4.63. The maximum absolute atomic E-state index is 9.25. The summed E-state index contributed by atoms with van der Waals surface area (Å²) in [4.78, 5) is 0. The zero-order chi connectivity index (χ0) is 9.30. The van der Waals surface area contributed by atoms with Gasteiger partial charge in [-0.3, -0.25) is 0 Å². The molecule has 1 rings (SSSR count). The highest BCUT2D eigenvalue weighted by Gasteiger charge is 2.42. The standard InChI is InChI=1S/C6H11BrO5/c7-1-2-3(8)4(9)5(10)6(11)12-2/h2-6,8-11H,1H2/t2?,3-,4-,5?,6+/m0/s1. The van der Waals surface area contributed by atoms with E-state index in [1.165, 1.54) is 0 Å². The SMILES string of the molecule is OC1[C@H](O)OC(CBr)[C@H](O)[C@@H]1O. The van der Waals surface area contributed by atoms with Gasteiger partial charge in [0.1, 0.15) is 18.3 Å². The summed E-state index contributed by atoms with van der Waals surface area (Å²) < 4.78 is 4.78. The number of rotatable bonds is 1. The summed E-state index contributed by atoms with van der Waals surface area (Å²) in [6.45, 7) is 0. The number of hydrogen-bond acceptors (Lipinski definition) is 5. The Morgan fingerprint density at radius 2 is 1.58 bits per heavy atom. The lowest BCUT2D eigenvalue weighted by atomic mass is 10.0. The number of alkyl halides is 1. The van der Waals surface area contributed by atoms with E-state index in [0.717, 1.165) is 0 Å². The molecule has 0 spiro atoms. The Hall–Kier alpha value is 0.280. The van der Waals surface area contributed by atoms with Crippen LogP contribution in [0.2, 0.25) is 0 Å². The van der Waals surface area contributed by atoms with E-state index in [0.29, 0.717) is 0 Å². The lowest BCUT2D eigenvalue weighted by Gasteiger charge is -2.37. The Morgan fingerprint density at radius 1 is 1.00 bits per heavy atom. The number of aliphatic hydroxyl groups is 4. The summed E-state index contributed by atoms with van der Waals surface area (Å²) >= 11 is 3.04. The van der Waals surface area contributed by atoms with Crippen LogP contribution in [0.15, 0.2) is 0 Å². The van der Waals surface area contributed by atoms with Gasteiger partial charge < -0.3 is 25.2 Å². The Labute approximate surface area is 77.7 Å². The fraction of sp³-hybridized carbons (Fsp3) is 1.00. The highest BCUT2D eigenvalue weighted by molar-refractivity contribution is 9.09. The number of aliphatic hydroxyl groups excluding tert-OH is 4. The van der Waals surface area contributed by atoms with Crippen molar-refractivity contribution in [3.05, 3.63) is 0 Å². The van der Waals surface area contributed by atoms with Gasteiger partial charge in [-0.1, -0.05) is 15.9 Å². The van der Waals surface area contributed by atoms with E-state index in [1.807, 2.05) is 0 Å². The van der Waals surface area contributed by atoms with Gasteiger partial charge in [0.05, 0.1) is 6.10 Å². The predicted octanol–water partition coefficient (Wildman–Crippen LogP) is -1.82. The maximum atomic E-state index is 9.25. The highest BCUT2D eigenvalue weighted by Crippen LogP contribution is 2.20. The van der Waals surface area contributed by atoms with Crippen molar-refractivity contribution in [1.82, 2.24) is 0 Å². The zero-order valence-corrected chi connectivity index (χ0v) is 7.75. The molecule has 1 saturated heterocycles. The Kier molecular flexibility index (Phi) is 3.45. The Bertz CT molecular complexity index is 150. The molecule has 1 aliphatic heterocycles. The Morgan fingerprint density at radius 3 is 2.08 bits per heavy atom. The molecule has 4 N–H and O–H groups in total. The second kappa shape index (κ2) is 3.99. The minimum Gasteiger partial charge on any atom is -0.388 e. The fourth-order valence-electron chi connectivity index (χ4n) is 1.06. The molecular formula is C6H11BrO5. The third kappa shape index (κ3) is 1.78. The molecule has 5 atom stereocenters. The first kappa shape index (κ1) is 10.4. The van der Waals surface area contributed by atoms with Gasteiger partial charge in [-0.05, 0) is 0 Å². The second-order valence-corrected chi connectivity index (χ2v) is 3.34. The molecular weight excluding hydrogens is 232 g/mol. The van der Waals surface area contributed by atoms with Crippen molar-refractivity contribution in [2.45, 2.75) is 30.7 Å². The number of ether oxygens (including phenoxy) is 1. The van der Waals surface area contributed by atoms with Gasteiger partial charge in [0.2, 0.25) is 0 Å². The second-order valence-electron chi connectivity index (χ2n) is 2.69. The number of hydrogen-bond donors (Lipinski definition) is 4. The predicted molar refractivity (Wildman–Crippen MR) is 42.7 cm³/mol. The third-order valence-electron chi connectivity index (χ3n) is 1.84. The monoisotopic (exact) mass is 242 g/mol. The molecule has 12 heavy (non-hydrogen) atoms. The first-order chi connectivity index (χ1) is 5.57. The van der Waals surface area contributed by atoms with Gasteiger partial charge in [-0.15, -0.1) is 0 Å². The summed E-state index contributed by atoms with van der Waals surface area (Å²) in [6, 6.07) is 0. The van der Waals surface area contributed by atoms with Crippen molar-refractivity contribution in [2.75, 3.05) is 5.33 Å². The molecule has 0 aromatic rings. The molecule has 0 saturated carbocycles. The summed E-state index contributed by atoms with van der Waals surface area (Å²) in [6.07, 6.45) is -6.13. The van der Waals surface area contributed by atoms with Crippen LogP contribution in [0.25, 0.3) is 0 Å². The largest absolute Gasteiger partial charge is 0.388 e. The molecule has 0 aliphatic carbocycles. The van der Waals surface area contributed by atoms with Gasteiger partial charge in [0.15, 0.2) is 6.29 Å². The summed E-state index contributed by atoms with van der Waals surface area (Å²) in [5.74, 6) is 0. The van der Waals surface area contributed by atoms with E-state index in [2.05, 4.69) is 15.9 Å². The molecule has 6 heteroatoms. The minimum absolute atomic E-state index is 0.287. The average Bonchev–Trinajstić information content (AvgIpc) is 2.08. The van der Waals surface area contributed by atoms with Gasteiger partial charge in [-0.25, -0.2) is 0 Å². The van der Waals surface area contributed by atoms with Crippen LogP contribution in [-0.4, -0.2) is 56.5 Å². The fourth-order valence-corrected chi connectivity index (χ4v) is 1.59. The summed E-state index contributed by atoms with van der Waals surface area (Å²) in [5, 5.41) is 36.7. The van der Waals surface area contributed by atoms with Crippen molar-refractivity contribution in [1.29, 1.82) is 0 Å². The Balaban J connectivity index is 2.63. The van der Waals surface area contributed by atoms with E-state index in [-0.39, 0.29) is 5.33 Å². The van der Waals surface area contributed by atoms with Gasteiger partial charge >= 0.3 is 0 Å². The molecule has 1 fully saturated rings. The molecule has 1 aliphatic rings. The molecule has 0 radical (unpaired) electrons. The van der Waals surface area contributed by atoms with Crippen LogP contribution in [0.5, 0.6) is 0 Å². The van der Waals surface area contributed by atoms with Crippen molar-refractivity contribution >= 4 is 15.9 Å². The van der Waals surface area contributed by atoms with Crippen molar-refractivity contribution in [3.63, 3.8) is 0 Å². The maximum Gasteiger partial charge on any atom is 0.183 e. The molecule has 0 amide bonds. The van der Waals surface area contributed by atoms with Crippen LogP contribution in [0, 0.1) is 0 Å². The van der Waals surface area contributed by atoms with E-state index < -0.39 is 30.7 Å². The van der Waals surface area contributed by atoms with Crippen LogP contribution in [0.1, 0.15) is 0 Å². The summed E-state index contributed by atoms with van der Waals surface area (Å²) in [5.41, 5.74) is 0. The average molecular weight is 243 g/mol. The van der Waals surface area contributed by atoms with Crippen LogP contribution >= 0.6 is 15.9 Å².